The zero-order valence-corrected chi connectivity index (χ0v) is 12.1. The number of amides is 1. The molecule has 0 saturated carbocycles. The number of carbonyl (C=O) groups is 1. The van der Waals surface area contributed by atoms with E-state index in [1.54, 1.807) is 12.0 Å². The number of nitrogens with two attached hydrogens (primary N) is 1. The maximum Gasteiger partial charge on any atom is 0.247 e. The molecule has 4 heteroatoms. The van der Waals surface area contributed by atoms with Crippen molar-refractivity contribution in [2.75, 3.05) is 12.0 Å². The second kappa shape index (κ2) is 5.22. The first kappa shape index (κ1) is 13.6. The topological polar surface area (TPSA) is 55.6 Å². The molecule has 1 amide bonds. The molecule has 2 aromatic rings. The molecule has 1 heterocycles. The van der Waals surface area contributed by atoms with Crippen molar-refractivity contribution in [2.24, 2.45) is 5.73 Å². The Kier molecular flexibility index (Phi) is 3.39. The van der Waals surface area contributed by atoms with Gasteiger partial charge in [0.05, 0.1) is 13.2 Å². The second-order valence-corrected chi connectivity index (χ2v) is 5.29. The minimum atomic E-state index is -0.487. The summed E-state index contributed by atoms with van der Waals surface area (Å²) in [5.74, 6) is 0.664. The van der Waals surface area contributed by atoms with Crippen molar-refractivity contribution in [3.63, 3.8) is 0 Å². The van der Waals surface area contributed by atoms with E-state index < -0.39 is 6.04 Å². The maximum atomic E-state index is 12.2. The summed E-state index contributed by atoms with van der Waals surface area (Å²) >= 11 is 0. The first-order chi connectivity index (χ1) is 10.1. The fourth-order valence-electron chi connectivity index (χ4n) is 2.68. The second-order valence-electron chi connectivity index (χ2n) is 5.29. The zero-order valence-electron chi connectivity index (χ0n) is 12.1. The lowest BCUT2D eigenvalue weighted by molar-refractivity contribution is -0.126. The van der Waals surface area contributed by atoms with Gasteiger partial charge in [-0.05, 0) is 24.6 Å². The number of carbonyl (C=O) groups excluding carboxylic acids is 1. The Labute approximate surface area is 124 Å². The molecule has 0 radical (unpaired) electrons. The predicted molar refractivity (Wildman–Crippen MR) is 82.4 cm³/mol. The molecular formula is C17H18N2O2. The van der Waals surface area contributed by atoms with Crippen LogP contribution in [-0.4, -0.2) is 19.1 Å². The van der Waals surface area contributed by atoms with Crippen LogP contribution in [0.5, 0.6) is 5.75 Å². The Balaban J connectivity index is 1.96. The van der Waals surface area contributed by atoms with Gasteiger partial charge in [-0.15, -0.1) is 0 Å². The summed E-state index contributed by atoms with van der Waals surface area (Å²) in [5.41, 5.74) is 9.06. The van der Waals surface area contributed by atoms with Crippen molar-refractivity contribution in [3.8, 4) is 5.75 Å². The van der Waals surface area contributed by atoms with E-state index in [0.717, 1.165) is 17.0 Å². The molecule has 3 rings (SSSR count). The summed E-state index contributed by atoms with van der Waals surface area (Å²) in [6.07, 6.45) is 0. The van der Waals surface area contributed by atoms with Crippen molar-refractivity contribution in [3.05, 3.63) is 59.7 Å². The van der Waals surface area contributed by atoms with E-state index in [0.29, 0.717) is 0 Å². The summed E-state index contributed by atoms with van der Waals surface area (Å²) in [4.78, 5) is 13.9. The molecule has 108 valence electrons. The van der Waals surface area contributed by atoms with Crippen LogP contribution in [0.25, 0.3) is 0 Å². The van der Waals surface area contributed by atoms with Gasteiger partial charge in [0.2, 0.25) is 5.91 Å². The molecule has 21 heavy (non-hydrogen) atoms. The van der Waals surface area contributed by atoms with Crippen LogP contribution in [0.15, 0.2) is 48.5 Å². The fourth-order valence-corrected chi connectivity index (χ4v) is 2.68. The normalized spacial score (nSPS) is 21.1. The zero-order chi connectivity index (χ0) is 15.0. The molecule has 1 aliphatic rings. The van der Waals surface area contributed by atoms with Crippen LogP contribution in [0.4, 0.5) is 5.69 Å². The number of anilines is 1. The van der Waals surface area contributed by atoms with Gasteiger partial charge < -0.3 is 15.4 Å². The number of hydrogen-bond acceptors (Lipinski definition) is 3. The highest BCUT2D eigenvalue weighted by molar-refractivity contribution is 6.05. The highest BCUT2D eigenvalue weighted by atomic mass is 16.5. The minimum absolute atomic E-state index is 0.0613. The summed E-state index contributed by atoms with van der Waals surface area (Å²) in [6.45, 7) is 2.04. The van der Waals surface area contributed by atoms with Crippen LogP contribution in [0.2, 0.25) is 0 Å². The number of β-lactam (4-membered cyclic amide) rings is 1. The number of nitrogens with zero attached hydrogens (tertiary/aromatic N) is 1. The van der Waals surface area contributed by atoms with Gasteiger partial charge in [0, 0.05) is 11.8 Å². The van der Waals surface area contributed by atoms with Crippen molar-refractivity contribution in [2.45, 2.75) is 19.0 Å². The Morgan fingerprint density at radius 3 is 2.52 bits per heavy atom. The highest BCUT2D eigenvalue weighted by Crippen LogP contribution is 2.39. The molecule has 0 aliphatic carbocycles. The SMILES string of the molecule is COc1cccc(N2C(=O)[C@H](N)[C@H]2c2ccc(C)cc2)c1. The number of benzene rings is 2. The van der Waals surface area contributed by atoms with Crippen LogP contribution < -0.4 is 15.4 Å². The first-order valence-electron chi connectivity index (χ1n) is 6.91. The molecule has 1 saturated heterocycles. The Bertz CT molecular complexity index is 667. The molecule has 1 fully saturated rings. The predicted octanol–water partition coefficient (Wildman–Crippen LogP) is 2.42. The van der Waals surface area contributed by atoms with Crippen molar-refractivity contribution >= 4 is 11.6 Å². The Morgan fingerprint density at radius 2 is 1.86 bits per heavy atom. The molecule has 2 atom stereocenters. The number of rotatable bonds is 3. The van der Waals surface area contributed by atoms with E-state index in [2.05, 4.69) is 0 Å². The van der Waals surface area contributed by atoms with E-state index in [1.165, 1.54) is 5.56 Å². The molecule has 0 spiro atoms. The third-order valence-electron chi connectivity index (χ3n) is 3.89. The van der Waals surface area contributed by atoms with Gasteiger partial charge in [0.15, 0.2) is 0 Å². The molecule has 0 aromatic heterocycles. The fraction of sp³-hybridized carbons (Fsp3) is 0.235. The lowest BCUT2D eigenvalue weighted by Crippen LogP contribution is -2.63. The standard InChI is InChI=1S/C17H18N2O2/c1-11-6-8-12(9-7-11)16-15(18)17(20)19(16)13-4-3-5-14(10-13)21-2/h3-10,15-16H,18H2,1-2H3/t15-,16-/m1/s1. The number of hydrogen-bond donors (Lipinski definition) is 1. The molecule has 2 N–H and O–H groups in total. The summed E-state index contributed by atoms with van der Waals surface area (Å²) in [6, 6.07) is 15.0. The lowest BCUT2D eigenvalue weighted by Gasteiger charge is -2.45. The molecule has 4 nitrogen and oxygen atoms in total. The Hall–Kier alpha value is -2.33. The van der Waals surface area contributed by atoms with E-state index in [9.17, 15) is 4.79 Å². The van der Waals surface area contributed by atoms with E-state index in [4.69, 9.17) is 10.5 Å². The van der Waals surface area contributed by atoms with Gasteiger partial charge in [-0.25, -0.2) is 0 Å². The van der Waals surface area contributed by atoms with Crippen LogP contribution >= 0.6 is 0 Å². The number of ether oxygens (including phenoxy) is 1. The summed E-state index contributed by atoms with van der Waals surface area (Å²) in [5, 5.41) is 0. The van der Waals surface area contributed by atoms with Crippen LogP contribution in [0.3, 0.4) is 0 Å². The first-order valence-corrected chi connectivity index (χ1v) is 6.91. The quantitative estimate of drug-likeness (QED) is 0.880. The third kappa shape index (κ3) is 2.28. The number of aryl methyl sites for hydroxylation is 1. The van der Waals surface area contributed by atoms with Crippen molar-refractivity contribution in [1.29, 1.82) is 0 Å². The van der Waals surface area contributed by atoms with Crippen LogP contribution in [0, 0.1) is 6.92 Å². The van der Waals surface area contributed by atoms with Gasteiger partial charge in [-0.1, -0.05) is 35.9 Å². The minimum Gasteiger partial charge on any atom is -0.497 e. The molecular weight excluding hydrogens is 264 g/mol. The molecule has 0 unspecified atom stereocenters. The van der Waals surface area contributed by atoms with Crippen LogP contribution in [0.1, 0.15) is 17.2 Å². The smallest absolute Gasteiger partial charge is 0.247 e. The van der Waals surface area contributed by atoms with Gasteiger partial charge in [0.25, 0.3) is 0 Å². The van der Waals surface area contributed by atoms with Gasteiger partial charge >= 0.3 is 0 Å². The average molecular weight is 282 g/mol. The third-order valence-corrected chi connectivity index (χ3v) is 3.89. The van der Waals surface area contributed by atoms with Gasteiger partial charge in [-0.3, -0.25) is 4.79 Å². The monoisotopic (exact) mass is 282 g/mol. The van der Waals surface area contributed by atoms with E-state index >= 15 is 0 Å². The van der Waals surface area contributed by atoms with Gasteiger partial charge in [0.1, 0.15) is 11.8 Å². The largest absolute Gasteiger partial charge is 0.497 e. The van der Waals surface area contributed by atoms with Gasteiger partial charge in [-0.2, -0.15) is 0 Å². The van der Waals surface area contributed by atoms with Crippen molar-refractivity contribution < 1.29 is 9.53 Å². The summed E-state index contributed by atoms with van der Waals surface area (Å²) < 4.78 is 5.22. The maximum absolute atomic E-state index is 12.2. The molecule has 0 bridgehead atoms. The van der Waals surface area contributed by atoms with Crippen molar-refractivity contribution in [1.82, 2.24) is 0 Å². The van der Waals surface area contributed by atoms with E-state index in [-0.39, 0.29) is 11.9 Å². The molecule has 1 aliphatic heterocycles. The Morgan fingerprint density at radius 1 is 1.14 bits per heavy atom. The average Bonchev–Trinajstić information content (AvgIpc) is 2.52. The number of methoxy groups -OCH3 is 1. The van der Waals surface area contributed by atoms with Crippen LogP contribution in [-0.2, 0) is 4.79 Å². The molecule has 2 aromatic carbocycles. The highest BCUT2D eigenvalue weighted by Gasteiger charge is 2.46. The lowest BCUT2D eigenvalue weighted by atomic mass is 9.88. The summed E-state index contributed by atoms with van der Waals surface area (Å²) in [7, 11) is 1.61. The van der Waals surface area contributed by atoms with E-state index in [1.807, 2.05) is 55.5 Å².